The number of sulfone groups is 1. The van der Waals surface area contributed by atoms with E-state index in [-0.39, 0.29) is 24.0 Å². The first kappa shape index (κ1) is 20.1. The Balaban J connectivity index is 1.57. The van der Waals surface area contributed by atoms with Gasteiger partial charge in [0.2, 0.25) is 5.91 Å². The molecule has 10 heteroatoms. The predicted molar refractivity (Wildman–Crippen MR) is 102 cm³/mol. The van der Waals surface area contributed by atoms with Crippen molar-refractivity contribution in [2.24, 2.45) is 0 Å². The second kappa shape index (κ2) is 9.05. The Hall–Kier alpha value is -2.61. The minimum absolute atomic E-state index is 0.0706. The highest BCUT2D eigenvalue weighted by Crippen LogP contribution is 2.20. The number of morpholine rings is 1. The third-order valence-corrected chi connectivity index (χ3v) is 6.02. The lowest BCUT2D eigenvalue weighted by Gasteiger charge is -2.22. The number of fused-ring (bicyclic) bond motifs is 1. The van der Waals surface area contributed by atoms with Crippen LogP contribution in [0.5, 0.6) is 0 Å². The summed E-state index contributed by atoms with van der Waals surface area (Å²) in [6.07, 6.45) is 2.70. The van der Waals surface area contributed by atoms with Gasteiger partial charge >= 0.3 is 0 Å². The minimum Gasteiger partial charge on any atom is -0.366 e. The number of aromatic nitrogens is 2. The Labute approximate surface area is 163 Å². The molecule has 1 unspecified atom stereocenters. The van der Waals surface area contributed by atoms with Crippen molar-refractivity contribution in [1.82, 2.24) is 20.6 Å². The number of hydrogen-bond donors (Lipinski definition) is 2. The maximum atomic E-state index is 12.5. The van der Waals surface area contributed by atoms with Crippen LogP contribution in [-0.2, 0) is 25.1 Å². The van der Waals surface area contributed by atoms with Crippen LogP contribution in [-0.4, -0.2) is 62.4 Å². The van der Waals surface area contributed by atoms with Gasteiger partial charge in [0.25, 0.3) is 0 Å². The molecule has 1 aromatic carbocycles. The van der Waals surface area contributed by atoms with Crippen molar-refractivity contribution >= 4 is 26.8 Å². The third-order valence-electron chi connectivity index (χ3n) is 4.36. The molecule has 2 aromatic rings. The third kappa shape index (κ3) is 5.01. The highest BCUT2D eigenvalue weighted by molar-refractivity contribution is 7.90. The lowest BCUT2D eigenvalue weighted by molar-refractivity contribution is -0.134. The maximum Gasteiger partial charge on any atom is 0.250 e. The fourth-order valence-corrected chi connectivity index (χ4v) is 4.41. The quantitative estimate of drug-likeness (QED) is 0.613. The zero-order chi connectivity index (χ0) is 20.0. The Morgan fingerprint density at radius 3 is 2.82 bits per heavy atom. The van der Waals surface area contributed by atoms with Crippen LogP contribution in [0.4, 0.5) is 0 Å². The van der Waals surface area contributed by atoms with Gasteiger partial charge < -0.3 is 15.4 Å². The van der Waals surface area contributed by atoms with Crippen LogP contribution in [0.3, 0.4) is 0 Å². The average Bonchev–Trinajstić information content (AvgIpc) is 2.72. The number of nitrogens with one attached hydrogen (secondary N) is 2. The zero-order valence-corrected chi connectivity index (χ0v) is 16.0. The van der Waals surface area contributed by atoms with E-state index in [1.807, 2.05) is 6.07 Å². The Kier molecular flexibility index (Phi) is 6.51. The number of nitriles is 1. The molecular weight excluding hydrogens is 382 g/mol. The van der Waals surface area contributed by atoms with Gasteiger partial charge in [0.1, 0.15) is 17.7 Å². The normalized spacial score (nSPS) is 17.2. The van der Waals surface area contributed by atoms with Gasteiger partial charge in [-0.25, -0.2) is 8.42 Å². The monoisotopic (exact) mass is 403 g/mol. The molecule has 1 aliphatic heterocycles. The molecule has 148 valence electrons. The van der Waals surface area contributed by atoms with Gasteiger partial charge in [0, 0.05) is 32.0 Å². The van der Waals surface area contributed by atoms with Crippen molar-refractivity contribution in [1.29, 1.82) is 5.26 Å². The molecule has 0 bridgehead atoms. The first-order valence-electron chi connectivity index (χ1n) is 8.93. The second-order valence-electron chi connectivity index (χ2n) is 6.44. The zero-order valence-electron chi connectivity index (χ0n) is 15.2. The number of carbonyl (C=O) groups excluding carboxylic acids is 1. The summed E-state index contributed by atoms with van der Waals surface area (Å²) in [5, 5.41) is 14.9. The second-order valence-corrected chi connectivity index (χ2v) is 8.62. The van der Waals surface area contributed by atoms with Crippen molar-refractivity contribution in [2.45, 2.75) is 18.3 Å². The van der Waals surface area contributed by atoms with E-state index in [9.17, 15) is 13.2 Å². The summed E-state index contributed by atoms with van der Waals surface area (Å²) in [4.78, 5) is 20.3. The van der Waals surface area contributed by atoms with Gasteiger partial charge in [0.05, 0.1) is 29.2 Å². The van der Waals surface area contributed by atoms with E-state index in [4.69, 9.17) is 10.00 Å². The first-order chi connectivity index (χ1) is 13.5. The Bertz CT molecular complexity index is 997. The van der Waals surface area contributed by atoms with E-state index in [2.05, 4.69) is 20.6 Å². The molecular formula is C18H21N5O4S. The molecule has 1 fully saturated rings. The predicted octanol–water partition coefficient (Wildman–Crippen LogP) is -0.0890. The van der Waals surface area contributed by atoms with Gasteiger partial charge in [-0.1, -0.05) is 6.07 Å². The summed E-state index contributed by atoms with van der Waals surface area (Å²) in [7, 11) is -3.41. The molecule has 1 aliphatic rings. The van der Waals surface area contributed by atoms with Gasteiger partial charge in [-0.05, 0) is 18.1 Å². The number of amides is 1. The fraction of sp³-hybridized carbons (Fsp3) is 0.444. The lowest BCUT2D eigenvalue weighted by Crippen LogP contribution is -2.48. The highest BCUT2D eigenvalue weighted by atomic mass is 32.2. The number of hydrogen-bond acceptors (Lipinski definition) is 8. The Morgan fingerprint density at radius 2 is 2.11 bits per heavy atom. The summed E-state index contributed by atoms with van der Waals surface area (Å²) >= 11 is 0. The molecule has 0 saturated carbocycles. The van der Waals surface area contributed by atoms with Crippen LogP contribution in [0, 0.1) is 11.3 Å². The lowest BCUT2D eigenvalue weighted by atomic mass is 10.1. The summed E-state index contributed by atoms with van der Waals surface area (Å²) in [5.41, 5.74) is 1.67. The molecule has 3 rings (SSSR count). The van der Waals surface area contributed by atoms with E-state index in [0.717, 1.165) is 6.54 Å². The molecule has 0 spiro atoms. The van der Waals surface area contributed by atoms with E-state index in [1.54, 1.807) is 12.1 Å². The van der Waals surface area contributed by atoms with Gasteiger partial charge in [-0.3, -0.25) is 14.8 Å². The Morgan fingerprint density at radius 1 is 1.32 bits per heavy atom. The topological polar surface area (TPSA) is 134 Å². The number of carbonyl (C=O) groups is 1. The molecule has 1 saturated heterocycles. The van der Waals surface area contributed by atoms with Crippen molar-refractivity contribution in [3.63, 3.8) is 0 Å². The number of benzene rings is 1. The fourth-order valence-electron chi connectivity index (χ4n) is 2.98. The summed E-state index contributed by atoms with van der Waals surface area (Å²) < 4.78 is 30.3. The SMILES string of the molecule is N#Cc1ccc(CS(=O)(=O)CCCNC(=O)C2CNCCO2)c2nccnc12. The van der Waals surface area contributed by atoms with Gasteiger partial charge in [-0.15, -0.1) is 0 Å². The summed E-state index contributed by atoms with van der Waals surface area (Å²) in [6, 6.07) is 5.19. The summed E-state index contributed by atoms with van der Waals surface area (Å²) in [5.74, 6) is -0.506. The van der Waals surface area contributed by atoms with E-state index >= 15 is 0 Å². The molecule has 2 heterocycles. The molecule has 0 radical (unpaired) electrons. The molecule has 1 amide bonds. The average molecular weight is 403 g/mol. The number of ether oxygens (including phenoxy) is 1. The van der Waals surface area contributed by atoms with Crippen LogP contribution < -0.4 is 10.6 Å². The van der Waals surface area contributed by atoms with Crippen molar-refractivity contribution < 1.29 is 17.9 Å². The molecule has 1 atom stereocenters. The molecule has 1 aromatic heterocycles. The van der Waals surface area contributed by atoms with E-state index in [0.29, 0.717) is 41.7 Å². The molecule has 9 nitrogen and oxygen atoms in total. The van der Waals surface area contributed by atoms with Crippen molar-refractivity contribution in [3.8, 4) is 6.07 Å². The van der Waals surface area contributed by atoms with Crippen molar-refractivity contribution in [3.05, 3.63) is 35.7 Å². The molecule has 0 aliphatic carbocycles. The largest absolute Gasteiger partial charge is 0.366 e. The number of rotatable bonds is 7. The molecule has 28 heavy (non-hydrogen) atoms. The van der Waals surface area contributed by atoms with Crippen LogP contribution in [0.25, 0.3) is 11.0 Å². The highest BCUT2D eigenvalue weighted by Gasteiger charge is 2.21. The smallest absolute Gasteiger partial charge is 0.250 e. The van der Waals surface area contributed by atoms with Crippen LogP contribution >= 0.6 is 0 Å². The van der Waals surface area contributed by atoms with Crippen molar-refractivity contribution in [2.75, 3.05) is 32.0 Å². The van der Waals surface area contributed by atoms with E-state index in [1.165, 1.54) is 12.4 Å². The van der Waals surface area contributed by atoms with E-state index < -0.39 is 15.9 Å². The first-order valence-corrected chi connectivity index (χ1v) is 10.8. The maximum absolute atomic E-state index is 12.5. The molecule has 2 N–H and O–H groups in total. The minimum atomic E-state index is -3.41. The van der Waals surface area contributed by atoms with Gasteiger partial charge in [0.15, 0.2) is 9.84 Å². The van der Waals surface area contributed by atoms with Crippen LogP contribution in [0.15, 0.2) is 24.5 Å². The summed E-state index contributed by atoms with van der Waals surface area (Å²) in [6.45, 7) is 1.91. The van der Waals surface area contributed by atoms with Crippen LogP contribution in [0.2, 0.25) is 0 Å². The van der Waals surface area contributed by atoms with Gasteiger partial charge in [-0.2, -0.15) is 5.26 Å². The number of nitrogens with zero attached hydrogens (tertiary/aromatic N) is 3. The standard InChI is InChI=1S/C18H21N5O4S/c19-10-13-2-3-14(17-16(13)21-5-6-22-17)12-28(25,26)9-1-4-23-18(24)15-11-20-7-8-27-15/h2-3,5-6,15,20H,1,4,7-9,11-12H2,(H,23,24). The van der Waals surface area contributed by atoms with Crippen LogP contribution in [0.1, 0.15) is 17.5 Å².